The number of carbonyl (C=O) groups excluding carboxylic acids is 2. The second-order valence-electron chi connectivity index (χ2n) is 6.70. The third kappa shape index (κ3) is 4.56. The summed E-state index contributed by atoms with van der Waals surface area (Å²) in [7, 11) is 0. The number of rotatable bonds is 7. The number of ether oxygens (including phenoxy) is 1. The van der Waals surface area contributed by atoms with Gasteiger partial charge in [0.25, 0.3) is 5.91 Å². The fraction of sp³-hybridized carbons (Fsp3) is 0.273. The molecule has 0 atom stereocenters. The molecular formula is C22H23FN2O4. The molecule has 0 aliphatic rings. The first-order chi connectivity index (χ1) is 13.9. The second kappa shape index (κ2) is 8.77. The summed E-state index contributed by atoms with van der Waals surface area (Å²) in [5, 5.41) is 0. The zero-order valence-corrected chi connectivity index (χ0v) is 16.6. The van der Waals surface area contributed by atoms with Gasteiger partial charge in [-0.3, -0.25) is 4.79 Å². The minimum atomic E-state index is -0.429. The molecule has 0 saturated heterocycles. The molecule has 0 spiro atoms. The number of amides is 1. The number of halogens is 1. The Morgan fingerprint density at radius 3 is 2.48 bits per heavy atom. The van der Waals surface area contributed by atoms with Crippen LogP contribution in [0.25, 0.3) is 0 Å². The van der Waals surface area contributed by atoms with Crippen molar-refractivity contribution in [1.29, 1.82) is 0 Å². The van der Waals surface area contributed by atoms with Crippen molar-refractivity contribution in [2.75, 3.05) is 6.61 Å². The number of hydrogen-bond acceptors (Lipinski definition) is 4. The number of carbonyl (C=O) groups is 2. The highest BCUT2D eigenvalue weighted by atomic mass is 19.1. The summed E-state index contributed by atoms with van der Waals surface area (Å²) >= 11 is 0. The molecular weight excluding hydrogens is 375 g/mol. The number of benzene rings is 1. The van der Waals surface area contributed by atoms with Crippen molar-refractivity contribution in [3.8, 4) is 0 Å². The Hall–Kier alpha value is -3.35. The summed E-state index contributed by atoms with van der Waals surface area (Å²) in [5.41, 5.74) is 3.09. The highest BCUT2D eigenvalue weighted by Crippen LogP contribution is 2.23. The molecule has 0 unspecified atom stereocenters. The zero-order valence-electron chi connectivity index (χ0n) is 16.6. The Kier molecular flexibility index (Phi) is 6.16. The number of esters is 1. The topological polar surface area (TPSA) is 75.5 Å². The third-order valence-electron chi connectivity index (χ3n) is 4.73. The van der Waals surface area contributed by atoms with Crippen molar-refractivity contribution in [2.24, 2.45) is 0 Å². The van der Waals surface area contributed by atoms with Gasteiger partial charge in [-0.05, 0) is 68.3 Å². The minimum absolute atomic E-state index is 0.238. The molecule has 0 aliphatic carbocycles. The van der Waals surface area contributed by atoms with Crippen LogP contribution < -0.4 is 0 Å². The summed E-state index contributed by atoms with van der Waals surface area (Å²) in [6.45, 7) is 6.18. The summed E-state index contributed by atoms with van der Waals surface area (Å²) in [6, 6.07) is 8.95. The van der Waals surface area contributed by atoms with Gasteiger partial charge in [-0.2, -0.15) is 0 Å². The van der Waals surface area contributed by atoms with Gasteiger partial charge in [0, 0.05) is 17.8 Å². The predicted octanol–water partition coefficient (Wildman–Crippen LogP) is 4.38. The molecule has 2 heterocycles. The number of hydrogen-bond donors (Lipinski definition) is 1. The Morgan fingerprint density at radius 1 is 1.14 bits per heavy atom. The maximum Gasteiger partial charge on any atom is 0.355 e. The number of H-pyrrole nitrogens is 1. The number of aromatic amines is 1. The van der Waals surface area contributed by atoms with Crippen molar-refractivity contribution < 1.29 is 23.1 Å². The summed E-state index contributed by atoms with van der Waals surface area (Å²) in [4.78, 5) is 30.0. The lowest BCUT2D eigenvalue weighted by molar-refractivity contribution is 0.0519. The molecule has 1 amide bonds. The van der Waals surface area contributed by atoms with Crippen molar-refractivity contribution in [1.82, 2.24) is 9.88 Å². The van der Waals surface area contributed by atoms with Crippen LogP contribution in [0.2, 0.25) is 0 Å². The van der Waals surface area contributed by atoms with E-state index < -0.39 is 11.8 Å². The van der Waals surface area contributed by atoms with E-state index in [9.17, 15) is 14.0 Å². The molecule has 2 aromatic heterocycles. The first-order valence-corrected chi connectivity index (χ1v) is 9.33. The number of aromatic nitrogens is 1. The third-order valence-corrected chi connectivity index (χ3v) is 4.73. The molecule has 1 N–H and O–H groups in total. The summed E-state index contributed by atoms with van der Waals surface area (Å²) < 4.78 is 23.8. The van der Waals surface area contributed by atoms with Gasteiger partial charge in [-0.25, -0.2) is 9.18 Å². The molecule has 7 heteroatoms. The van der Waals surface area contributed by atoms with Crippen LogP contribution in [0, 0.1) is 19.7 Å². The lowest BCUT2D eigenvalue weighted by Gasteiger charge is -2.22. The Morgan fingerprint density at radius 2 is 1.86 bits per heavy atom. The van der Waals surface area contributed by atoms with Gasteiger partial charge in [0.05, 0.1) is 19.4 Å². The standard InChI is InChI=1S/C22H23FN2O4/c1-4-28-22(27)20-14(2)19(15(3)24-20)13-25(12-18-6-5-11-29-18)21(26)16-7-9-17(23)10-8-16/h5-11,24H,4,12-13H2,1-3H3. The van der Waals surface area contributed by atoms with Crippen LogP contribution in [0.3, 0.4) is 0 Å². The van der Waals surface area contributed by atoms with E-state index >= 15 is 0 Å². The zero-order chi connectivity index (χ0) is 21.0. The van der Waals surface area contributed by atoms with Gasteiger partial charge in [-0.1, -0.05) is 0 Å². The average molecular weight is 398 g/mol. The molecule has 6 nitrogen and oxygen atoms in total. The van der Waals surface area contributed by atoms with Gasteiger partial charge in [0.1, 0.15) is 17.3 Å². The van der Waals surface area contributed by atoms with Crippen LogP contribution in [0.15, 0.2) is 47.1 Å². The highest BCUT2D eigenvalue weighted by Gasteiger charge is 2.23. The monoisotopic (exact) mass is 398 g/mol. The lowest BCUT2D eigenvalue weighted by atomic mass is 10.1. The molecule has 3 rings (SSSR count). The molecule has 0 saturated carbocycles. The largest absolute Gasteiger partial charge is 0.467 e. The fourth-order valence-electron chi connectivity index (χ4n) is 3.19. The smallest absolute Gasteiger partial charge is 0.355 e. The van der Waals surface area contributed by atoms with Gasteiger partial charge >= 0.3 is 5.97 Å². The van der Waals surface area contributed by atoms with Crippen LogP contribution in [-0.4, -0.2) is 28.4 Å². The first-order valence-electron chi connectivity index (χ1n) is 9.33. The summed E-state index contributed by atoms with van der Waals surface area (Å²) in [5.74, 6) is -0.478. The molecule has 0 radical (unpaired) electrons. The molecule has 3 aromatic rings. The Bertz CT molecular complexity index is 991. The minimum Gasteiger partial charge on any atom is -0.467 e. The van der Waals surface area contributed by atoms with Crippen LogP contribution >= 0.6 is 0 Å². The maximum atomic E-state index is 13.3. The van der Waals surface area contributed by atoms with E-state index in [1.165, 1.54) is 24.3 Å². The van der Waals surface area contributed by atoms with E-state index in [0.717, 1.165) is 16.8 Å². The molecule has 29 heavy (non-hydrogen) atoms. The van der Waals surface area contributed by atoms with Crippen molar-refractivity contribution in [2.45, 2.75) is 33.9 Å². The van der Waals surface area contributed by atoms with E-state index in [1.54, 1.807) is 30.2 Å². The fourth-order valence-corrected chi connectivity index (χ4v) is 3.19. The van der Waals surface area contributed by atoms with Gasteiger partial charge in [0.15, 0.2) is 0 Å². The van der Waals surface area contributed by atoms with Gasteiger partial charge in [0.2, 0.25) is 0 Å². The second-order valence-corrected chi connectivity index (χ2v) is 6.70. The van der Waals surface area contributed by atoms with Crippen molar-refractivity contribution >= 4 is 11.9 Å². The van der Waals surface area contributed by atoms with Gasteiger partial charge in [-0.15, -0.1) is 0 Å². The van der Waals surface area contributed by atoms with E-state index in [-0.39, 0.29) is 25.6 Å². The van der Waals surface area contributed by atoms with E-state index in [1.807, 2.05) is 13.8 Å². The van der Waals surface area contributed by atoms with Crippen molar-refractivity contribution in [3.63, 3.8) is 0 Å². The molecule has 0 bridgehead atoms. The average Bonchev–Trinajstić information content (AvgIpc) is 3.31. The van der Waals surface area contributed by atoms with E-state index in [0.29, 0.717) is 17.0 Å². The van der Waals surface area contributed by atoms with E-state index in [2.05, 4.69) is 4.98 Å². The van der Waals surface area contributed by atoms with Crippen LogP contribution in [0.1, 0.15) is 50.4 Å². The van der Waals surface area contributed by atoms with E-state index in [4.69, 9.17) is 9.15 Å². The molecule has 0 fully saturated rings. The van der Waals surface area contributed by atoms with Crippen molar-refractivity contribution in [3.05, 3.63) is 82.3 Å². The number of furan rings is 1. The van der Waals surface area contributed by atoms with Crippen LogP contribution in [-0.2, 0) is 17.8 Å². The van der Waals surface area contributed by atoms with Crippen LogP contribution in [0.5, 0.6) is 0 Å². The maximum absolute atomic E-state index is 13.3. The van der Waals surface area contributed by atoms with Crippen LogP contribution in [0.4, 0.5) is 4.39 Å². The number of aryl methyl sites for hydroxylation is 1. The lowest BCUT2D eigenvalue weighted by Crippen LogP contribution is -2.30. The number of nitrogens with zero attached hydrogens (tertiary/aromatic N) is 1. The molecule has 1 aromatic carbocycles. The number of nitrogens with one attached hydrogen (secondary N) is 1. The SMILES string of the molecule is CCOC(=O)c1[nH]c(C)c(CN(Cc2ccco2)C(=O)c2ccc(F)cc2)c1C. The Balaban J connectivity index is 1.92. The van der Waals surface area contributed by atoms with Gasteiger partial charge < -0.3 is 19.0 Å². The quantitative estimate of drug-likeness (QED) is 0.599. The first kappa shape index (κ1) is 20.4. The predicted molar refractivity (Wildman–Crippen MR) is 105 cm³/mol. The highest BCUT2D eigenvalue weighted by molar-refractivity contribution is 5.94. The Labute approximate surface area is 168 Å². The molecule has 0 aliphatic heterocycles. The normalized spacial score (nSPS) is 10.8. The molecule has 152 valence electrons. The summed E-state index contributed by atoms with van der Waals surface area (Å²) in [6.07, 6.45) is 1.54.